The summed E-state index contributed by atoms with van der Waals surface area (Å²) in [6, 6.07) is 8.58. The van der Waals surface area contributed by atoms with Crippen molar-refractivity contribution in [1.29, 1.82) is 0 Å². The van der Waals surface area contributed by atoms with Crippen molar-refractivity contribution in [1.82, 2.24) is 0 Å². The van der Waals surface area contributed by atoms with Crippen molar-refractivity contribution in [3.8, 4) is 0 Å². The number of aliphatic hydroxyl groups excluding tert-OH is 1. The van der Waals surface area contributed by atoms with Gasteiger partial charge in [-0.3, -0.25) is 0 Å². The van der Waals surface area contributed by atoms with Crippen LogP contribution in [0.5, 0.6) is 0 Å². The van der Waals surface area contributed by atoms with E-state index in [1.54, 1.807) is 7.11 Å². The van der Waals surface area contributed by atoms with Gasteiger partial charge < -0.3 is 9.84 Å². The summed E-state index contributed by atoms with van der Waals surface area (Å²) >= 11 is 0. The van der Waals surface area contributed by atoms with Crippen LogP contribution in [0.15, 0.2) is 24.3 Å². The molecule has 2 nitrogen and oxygen atoms in total. The third-order valence-electron chi connectivity index (χ3n) is 4.57. The average molecular weight is 262 g/mol. The topological polar surface area (TPSA) is 29.5 Å². The van der Waals surface area contributed by atoms with Gasteiger partial charge in [-0.2, -0.15) is 0 Å². The molecule has 106 valence electrons. The first-order chi connectivity index (χ1) is 9.20. The Kier molecular flexibility index (Phi) is 5.00. The van der Waals surface area contributed by atoms with Crippen LogP contribution in [-0.4, -0.2) is 23.9 Å². The maximum atomic E-state index is 10.6. The van der Waals surface area contributed by atoms with Gasteiger partial charge in [0.1, 0.15) is 0 Å². The molecule has 0 radical (unpaired) electrons. The maximum absolute atomic E-state index is 10.6. The second-order valence-electron chi connectivity index (χ2n) is 5.72. The highest BCUT2D eigenvalue weighted by Crippen LogP contribution is 2.35. The molecular weight excluding hydrogens is 236 g/mol. The van der Waals surface area contributed by atoms with Gasteiger partial charge in [0.2, 0.25) is 0 Å². The van der Waals surface area contributed by atoms with Crippen molar-refractivity contribution in [2.75, 3.05) is 7.11 Å². The van der Waals surface area contributed by atoms with Gasteiger partial charge in [-0.25, -0.2) is 0 Å². The van der Waals surface area contributed by atoms with Crippen molar-refractivity contribution in [2.24, 2.45) is 0 Å². The fourth-order valence-corrected chi connectivity index (χ4v) is 3.14. The van der Waals surface area contributed by atoms with Gasteiger partial charge in [-0.05, 0) is 30.4 Å². The molecule has 1 fully saturated rings. The van der Waals surface area contributed by atoms with Crippen LogP contribution in [0.1, 0.15) is 50.2 Å². The van der Waals surface area contributed by atoms with E-state index in [1.165, 1.54) is 30.4 Å². The predicted octanol–water partition coefficient (Wildman–Crippen LogP) is 3.50. The SMILES string of the molecule is CCc1ccc(CC(O)C2(OC)CCCCC2)cc1. The van der Waals surface area contributed by atoms with E-state index < -0.39 is 6.10 Å². The number of rotatable bonds is 5. The standard InChI is InChI=1S/C17H26O2/c1-3-14-7-9-15(10-8-14)13-16(18)17(19-2)11-5-4-6-12-17/h7-10,16,18H,3-6,11-13H2,1-2H3. The summed E-state index contributed by atoms with van der Waals surface area (Å²) in [5.41, 5.74) is 2.23. The molecule has 1 unspecified atom stereocenters. The Morgan fingerprint density at radius 3 is 2.21 bits per heavy atom. The van der Waals surface area contributed by atoms with Crippen LogP contribution in [0, 0.1) is 0 Å². The number of benzene rings is 1. The second kappa shape index (κ2) is 6.53. The van der Waals surface area contributed by atoms with E-state index in [0.29, 0.717) is 6.42 Å². The zero-order chi connectivity index (χ0) is 13.7. The zero-order valence-electron chi connectivity index (χ0n) is 12.2. The van der Waals surface area contributed by atoms with E-state index >= 15 is 0 Å². The van der Waals surface area contributed by atoms with Gasteiger partial charge in [0.25, 0.3) is 0 Å². The molecule has 1 aliphatic rings. The molecule has 0 aliphatic heterocycles. The Bertz CT molecular complexity index is 377. The first kappa shape index (κ1) is 14.5. The minimum Gasteiger partial charge on any atom is -0.390 e. The van der Waals surface area contributed by atoms with E-state index in [4.69, 9.17) is 4.74 Å². The largest absolute Gasteiger partial charge is 0.390 e. The summed E-state index contributed by atoms with van der Waals surface area (Å²) in [6.07, 6.45) is 6.92. The Morgan fingerprint density at radius 1 is 1.11 bits per heavy atom. The van der Waals surface area contributed by atoms with Crippen molar-refractivity contribution in [3.63, 3.8) is 0 Å². The number of methoxy groups -OCH3 is 1. The lowest BCUT2D eigenvalue weighted by molar-refractivity contribution is -0.122. The first-order valence-electron chi connectivity index (χ1n) is 7.51. The summed E-state index contributed by atoms with van der Waals surface area (Å²) < 4.78 is 5.71. The summed E-state index contributed by atoms with van der Waals surface area (Å²) in [7, 11) is 1.74. The Balaban J connectivity index is 2.03. The van der Waals surface area contributed by atoms with E-state index in [2.05, 4.69) is 31.2 Å². The van der Waals surface area contributed by atoms with Crippen LogP contribution in [0.25, 0.3) is 0 Å². The fourth-order valence-electron chi connectivity index (χ4n) is 3.14. The normalized spacial score (nSPS) is 20.2. The van der Waals surface area contributed by atoms with Gasteiger partial charge in [0.05, 0.1) is 11.7 Å². The molecule has 2 heteroatoms. The smallest absolute Gasteiger partial charge is 0.0939 e. The van der Waals surface area contributed by atoms with Crippen LogP contribution in [0.3, 0.4) is 0 Å². The van der Waals surface area contributed by atoms with Crippen molar-refractivity contribution < 1.29 is 9.84 Å². The molecule has 1 saturated carbocycles. The lowest BCUT2D eigenvalue weighted by atomic mass is 9.78. The highest BCUT2D eigenvalue weighted by molar-refractivity contribution is 5.23. The summed E-state index contributed by atoms with van der Waals surface area (Å²) in [5, 5.41) is 10.6. The van der Waals surface area contributed by atoms with Crippen LogP contribution < -0.4 is 0 Å². The molecule has 19 heavy (non-hydrogen) atoms. The van der Waals surface area contributed by atoms with Crippen LogP contribution >= 0.6 is 0 Å². The summed E-state index contributed by atoms with van der Waals surface area (Å²) in [6.45, 7) is 2.16. The van der Waals surface area contributed by atoms with E-state index in [0.717, 1.165) is 19.3 Å². The molecule has 0 spiro atoms. The molecule has 1 N–H and O–H groups in total. The molecule has 0 aromatic heterocycles. The highest BCUT2D eigenvalue weighted by Gasteiger charge is 2.38. The molecule has 1 atom stereocenters. The van der Waals surface area contributed by atoms with Gasteiger partial charge in [-0.1, -0.05) is 50.5 Å². The third-order valence-corrected chi connectivity index (χ3v) is 4.57. The first-order valence-corrected chi connectivity index (χ1v) is 7.51. The molecule has 0 saturated heterocycles. The monoisotopic (exact) mass is 262 g/mol. The molecule has 1 aromatic carbocycles. The van der Waals surface area contributed by atoms with E-state index in [-0.39, 0.29) is 5.60 Å². The van der Waals surface area contributed by atoms with Gasteiger partial charge in [0, 0.05) is 13.5 Å². The van der Waals surface area contributed by atoms with Crippen molar-refractivity contribution in [3.05, 3.63) is 35.4 Å². The minimum absolute atomic E-state index is 0.318. The zero-order valence-corrected chi connectivity index (χ0v) is 12.2. The number of aliphatic hydroxyl groups is 1. The number of hydrogen-bond donors (Lipinski definition) is 1. The molecule has 1 aliphatic carbocycles. The average Bonchev–Trinajstić information content (AvgIpc) is 2.48. The van der Waals surface area contributed by atoms with Crippen molar-refractivity contribution >= 4 is 0 Å². The second-order valence-corrected chi connectivity index (χ2v) is 5.72. The van der Waals surface area contributed by atoms with Crippen LogP contribution in [0.2, 0.25) is 0 Å². The van der Waals surface area contributed by atoms with E-state index in [1.807, 2.05) is 0 Å². The fraction of sp³-hybridized carbons (Fsp3) is 0.647. The molecule has 0 heterocycles. The Morgan fingerprint density at radius 2 is 1.68 bits per heavy atom. The van der Waals surface area contributed by atoms with E-state index in [9.17, 15) is 5.11 Å². The van der Waals surface area contributed by atoms with Crippen LogP contribution in [0.4, 0.5) is 0 Å². The lowest BCUT2D eigenvalue weighted by Gasteiger charge is -2.40. The highest BCUT2D eigenvalue weighted by atomic mass is 16.5. The number of hydrogen-bond acceptors (Lipinski definition) is 2. The number of ether oxygens (including phenoxy) is 1. The third kappa shape index (κ3) is 3.37. The minimum atomic E-state index is -0.398. The molecule has 0 bridgehead atoms. The van der Waals surface area contributed by atoms with Gasteiger partial charge >= 0.3 is 0 Å². The van der Waals surface area contributed by atoms with Crippen molar-refractivity contribution in [2.45, 2.75) is 63.6 Å². The quantitative estimate of drug-likeness (QED) is 0.880. The van der Waals surface area contributed by atoms with Gasteiger partial charge in [0.15, 0.2) is 0 Å². The van der Waals surface area contributed by atoms with Crippen LogP contribution in [-0.2, 0) is 17.6 Å². The maximum Gasteiger partial charge on any atom is 0.0939 e. The molecule has 2 rings (SSSR count). The summed E-state index contributed by atoms with van der Waals surface area (Å²) in [4.78, 5) is 0. The molecular formula is C17H26O2. The Hall–Kier alpha value is -0.860. The lowest BCUT2D eigenvalue weighted by Crippen LogP contribution is -2.46. The molecule has 1 aromatic rings. The molecule has 0 amide bonds. The van der Waals surface area contributed by atoms with Gasteiger partial charge in [-0.15, -0.1) is 0 Å². The predicted molar refractivity (Wildman–Crippen MR) is 78.4 cm³/mol. The summed E-state index contributed by atoms with van der Waals surface area (Å²) in [5.74, 6) is 0. The number of aryl methyl sites for hydroxylation is 1. The Labute approximate surface area is 116 Å².